The fraction of sp³-hybridized carbons (Fsp3) is 0.640. The Labute approximate surface area is 248 Å². The lowest BCUT2D eigenvalue weighted by molar-refractivity contribution is -0.137. The van der Waals surface area contributed by atoms with Crippen molar-refractivity contribution in [3.63, 3.8) is 0 Å². The minimum Gasteiger partial charge on any atom is -0.434 e. The van der Waals surface area contributed by atoms with Crippen molar-refractivity contribution in [3.8, 4) is 17.0 Å². The Morgan fingerprint density at radius 1 is 1.29 bits per heavy atom. The first-order valence-electron chi connectivity index (χ1n) is 13.1. The monoisotopic (exact) mass is 645 g/mol. The summed E-state index contributed by atoms with van der Waals surface area (Å²) in [4.78, 5) is 17.0. The summed E-state index contributed by atoms with van der Waals surface area (Å²) in [6.45, 7) is 2.29. The van der Waals surface area contributed by atoms with Gasteiger partial charge in [0.05, 0.1) is 28.3 Å². The van der Waals surface area contributed by atoms with Crippen LogP contribution in [0.3, 0.4) is 0 Å². The molecule has 1 atom stereocenters. The maximum Gasteiger partial charge on any atom is 0.391 e. The fourth-order valence-electron chi connectivity index (χ4n) is 4.55. The zero-order valence-corrected chi connectivity index (χ0v) is 24.7. The van der Waals surface area contributed by atoms with E-state index in [-0.39, 0.29) is 47.3 Å². The second-order valence-electron chi connectivity index (χ2n) is 10.00. The second kappa shape index (κ2) is 15.6. The summed E-state index contributed by atoms with van der Waals surface area (Å²) in [6, 6.07) is 0.0217. The highest BCUT2D eigenvalue weighted by Gasteiger charge is 2.34. The molecular weight excluding hydrogens is 613 g/mol. The minimum absolute atomic E-state index is 0.00138. The van der Waals surface area contributed by atoms with Crippen molar-refractivity contribution in [1.82, 2.24) is 20.1 Å². The van der Waals surface area contributed by atoms with Gasteiger partial charge in [-0.3, -0.25) is 9.48 Å². The number of alkyl halides is 5. The topological polar surface area (TPSA) is 135 Å². The molecule has 1 aliphatic rings. The molecule has 2 heterocycles. The molecule has 3 N–H and O–H groups in total. The molecule has 1 amide bonds. The Hall–Kier alpha value is -2.85. The van der Waals surface area contributed by atoms with Crippen molar-refractivity contribution >= 4 is 34.9 Å². The zero-order valence-electron chi connectivity index (χ0n) is 23.1. The molecule has 42 heavy (non-hydrogen) atoms. The Kier molecular flexibility index (Phi) is 13.1. The summed E-state index contributed by atoms with van der Waals surface area (Å²) in [5.74, 6) is -0.660. The number of rotatable bonds is 11. The number of hydrogen-bond acceptors (Lipinski definition) is 8. The van der Waals surface area contributed by atoms with Crippen LogP contribution in [-0.2, 0) is 18.1 Å². The molecule has 0 aromatic carbocycles. The van der Waals surface area contributed by atoms with Gasteiger partial charge in [0.15, 0.2) is 5.69 Å². The van der Waals surface area contributed by atoms with E-state index in [0.717, 1.165) is 25.1 Å². The average Bonchev–Trinajstić information content (AvgIpc) is 3.24. The summed E-state index contributed by atoms with van der Waals surface area (Å²) in [6.07, 6.45) is -1.59. The maximum absolute atomic E-state index is 13.3. The van der Waals surface area contributed by atoms with Crippen molar-refractivity contribution in [1.29, 1.82) is 0 Å². The molecule has 1 fully saturated rings. The van der Waals surface area contributed by atoms with Crippen LogP contribution >= 0.6 is 11.6 Å². The molecule has 0 spiro atoms. The van der Waals surface area contributed by atoms with Crippen LogP contribution in [0, 0.1) is 5.92 Å². The van der Waals surface area contributed by atoms with E-state index >= 15 is 0 Å². The molecule has 2 aromatic rings. The molecule has 2 aromatic heterocycles. The second-order valence-corrected chi connectivity index (χ2v) is 10.5. The number of carbonyl (C=O) groups excluding carboxylic acids is 1. The van der Waals surface area contributed by atoms with Gasteiger partial charge in [-0.15, -0.1) is 0 Å². The first kappa shape index (κ1) is 35.3. The van der Waals surface area contributed by atoms with E-state index < -0.39 is 54.1 Å². The van der Waals surface area contributed by atoms with Crippen LogP contribution in [-0.4, -0.2) is 65.2 Å². The van der Waals surface area contributed by atoms with Gasteiger partial charge >= 0.3 is 24.4 Å². The lowest BCUT2D eigenvalue weighted by Gasteiger charge is -2.34. The molecule has 0 radical (unpaired) electrons. The SMILES string of the molecule is CC[C@H](CC(F)(F)F)Nc1cc(OC(F)F)c(-c2c(Cl)c(C(=O)NCC3(O)CCC(C)CC3)nn2CC)cn1.O=S=O. The average molecular weight is 646 g/mol. The Morgan fingerprint density at radius 3 is 2.43 bits per heavy atom. The number of carbonyl (C=O) groups is 1. The number of aromatic nitrogens is 3. The summed E-state index contributed by atoms with van der Waals surface area (Å²) in [5, 5.41) is 20.1. The Balaban J connectivity index is 0.00000197. The summed E-state index contributed by atoms with van der Waals surface area (Å²) in [5.41, 5.74) is -1.17. The Bertz CT molecular complexity index is 1230. The van der Waals surface area contributed by atoms with Gasteiger partial charge in [0.1, 0.15) is 11.6 Å². The molecule has 0 aliphatic heterocycles. The summed E-state index contributed by atoms with van der Waals surface area (Å²) >= 11 is 5.77. The number of ether oxygens (including phenoxy) is 1. The lowest BCUT2D eigenvalue weighted by Crippen LogP contribution is -2.45. The van der Waals surface area contributed by atoms with Gasteiger partial charge in [-0.1, -0.05) is 25.4 Å². The summed E-state index contributed by atoms with van der Waals surface area (Å²) < 4.78 is 87.8. The summed E-state index contributed by atoms with van der Waals surface area (Å²) in [7, 11) is 0. The third-order valence-corrected chi connectivity index (χ3v) is 7.21. The van der Waals surface area contributed by atoms with Crippen LogP contribution in [0.4, 0.5) is 27.8 Å². The number of aryl methyl sites for hydroxylation is 1. The van der Waals surface area contributed by atoms with Crippen molar-refractivity contribution in [2.75, 3.05) is 11.9 Å². The van der Waals surface area contributed by atoms with Gasteiger partial charge in [0.25, 0.3) is 5.91 Å². The standard InChI is InChI=1S/C25H33ClF5N5O3.O2S/c1-4-15(11-25(29,30)31)34-18-10-17(39-23(27)28)16(12-32-18)21-19(26)20(35-36(21)5-2)22(37)33-13-24(38)8-6-14(3)7-9-24;1-3-2/h10,12,14-15,23,38H,4-9,11,13H2,1-3H3,(H,32,34)(H,33,37);/t14?,15-,24?;/m1./s1. The molecule has 0 bridgehead atoms. The van der Waals surface area contributed by atoms with E-state index in [1.807, 2.05) is 0 Å². The lowest BCUT2D eigenvalue weighted by atomic mass is 9.79. The van der Waals surface area contributed by atoms with E-state index in [0.29, 0.717) is 18.8 Å². The van der Waals surface area contributed by atoms with Gasteiger partial charge in [-0.25, -0.2) is 4.98 Å². The van der Waals surface area contributed by atoms with Crippen LogP contribution in [0.15, 0.2) is 12.3 Å². The van der Waals surface area contributed by atoms with Gasteiger partial charge in [-0.2, -0.15) is 35.5 Å². The number of pyridine rings is 1. The molecule has 17 heteroatoms. The van der Waals surface area contributed by atoms with Gasteiger partial charge in [0, 0.05) is 31.4 Å². The van der Waals surface area contributed by atoms with E-state index in [2.05, 4.69) is 32.4 Å². The number of halogens is 6. The molecule has 10 nitrogen and oxygen atoms in total. The third kappa shape index (κ3) is 10.2. The van der Waals surface area contributed by atoms with E-state index in [1.54, 1.807) is 13.8 Å². The predicted octanol–water partition coefficient (Wildman–Crippen LogP) is 5.36. The van der Waals surface area contributed by atoms with Crippen molar-refractivity contribution in [2.24, 2.45) is 5.92 Å². The third-order valence-electron chi connectivity index (χ3n) is 6.85. The zero-order chi connectivity index (χ0) is 31.7. The minimum atomic E-state index is -4.43. The number of amides is 1. The highest BCUT2D eigenvalue weighted by Crippen LogP contribution is 2.39. The van der Waals surface area contributed by atoms with Crippen molar-refractivity contribution in [3.05, 3.63) is 23.0 Å². The molecule has 1 saturated carbocycles. The Morgan fingerprint density at radius 2 is 1.90 bits per heavy atom. The number of anilines is 1. The molecule has 3 rings (SSSR count). The smallest absolute Gasteiger partial charge is 0.391 e. The predicted molar refractivity (Wildman–Crippen MR) is 145 cm³/mol. The van der Waals surface area contributed by atoms with Gasteiger partial charge < -0.3 is 20.5 Å². The molecule has 1 aliphatic carbocycles. The fourth-order valence-corrected chi connectivity index (χ4v) is 4.87. The van der Waals surface area contributed by atoms with E-state index in [1.165, 1.54) is 4.68 Å². The van der Waals surface area contributed by atoms with E-state index in [9.17, 15) is 31.9 Å². The normalized spacial score (nSPS) is 19.5. The maximum atomic E-state index is 13.3. The van der Waals surface area contributed by atoms with Gasteiger partial charge in [0.2, 0.25) is 0 Å². The number of nitrogens with zero attached hydrogens (tertiary/aromatic N) is 3. The first-order chi connectivity index (χ1) is 19.7. The van der Waals surface area contributed by atoms with Gasteiger partial charge in [-0.05, 0) is 44.9 Å². The first-order valence-corrected chi connectivity index (χ1v) is 14.2. The number of nitrogens with one attached hydrogen (secondary N) is 2. The number of aliphatic hydroxyl groups is 1. The molecular formula is C25H33ClF5N5O5S. The molecule has 0 unspecified atom stereocenters. The van der Waals surface area contributed by atoms with E-state index in [4.69, 9.17) is 20.0 Å². The van der Waals surface area contributed by atoms with Crippen LogP contribution < -0.4 is 15.4 Å². The van der Waals surface area contributed by atoms with Crippen LogP contribution in [0.25, 0.3) is 11.3 Å². The highest BCUT2D eigenvalue weighted by atomic mass is 35.5. The quantitative estimate of drug-likeness (QED) is 0.278. The molecule has 236 valence electrons. The van der Waals surface area contributed by atoms with Crippen molar-refractivity contribution in [2.45, 2.75) is 90.3 Å². The largest absolute Gasteiger partial charge is 0.434 e. The van der Waals surface area contributed by atoms with Crippen LogP contribution in [0.2, 0.25) is 5.02 Å². The number of hydrogen-bond donors (Lipinski definition) is 3. The molecule has 0 saturated heterocycles. The van der Waals surface area contributed by atoms with Crippen LogP contribution in [0.1, 0.15) is 69.8 Å². The highest BCUT2D eigenvalue weighted by molar-refractivity contribution is 7.51. The van der Waals surface area contributed by atoms with Crippen LogP contribution in [0.5, 0.6) is 5.75 Å². The van der Waals surface area contributed by atoms with Crippen molar-refractivity contribution < 1.29 is 45.0 Å².